The van der Waals surface area contributed by atoms with Crippen molar-refractivity contribution in [1.82, 2.24) is 5.32 Å². The first-order valence-electron chi connectivity index (χ1n) is 3.60. The smallest absolute Gasteiger partial charge is 0.870 e. The van der Waals surface area contributed by atoms with Crippen LogP contribution in [0.3, 0.4) is 0 Å². The molecule has 0 bridgehead atoms. The van der Waals surface area contributed by atoms with E-state index < -0.39 is 0 Å². The van der Waals surface area contributed by atoms with Crippen molar-refractivity contribution >= 4 is 11.7 Å². The summed E-state index contributed by atoms with van der Waals surface area (Å²) in [5.41, 5.74) is 0.178. The van der Waals surface area contributed by atoms with Crippen molar-refractivity contribution in [1.29, 1.82) is 0 Å². The van der Waals surface area contributed by atoms with Gasteiger partial charge in [0.1, 0.15) is 5.91 Å². The quantitative estimate of drug-likeness (QED) is 0.299. The number of ketones is 1. The van der Waals surface area contributed by atoms with Gasteiger partial charge in [0.15, 0.2) is 0 Å². The number of amides is 1. The van der Waals surface area contributed by atoms with Crippen LogP contribution in [-0.4, -0.2) is 23.2 Å². The third kappa shape index (κ3) is 4.01. The van der Waals surface area contributed by atoms with E-state index in [2.05, 4.69) is 11.4 Å². The molecular weight excluding hydrogens is 197 g/mol. The zero-order valence-electron chi connectivity index (χ0n) is 8.05. The molecule has 0 saturated heterocycles. The summed E-state index contributed by atoms with van der Waals surface area (Å²) in [4.78, 5) is 21.7. The van der Waals surface area contributed by atoms with Gasteiger partial charge in [-0.2, -0.15) is 6.08 Å². The number of hydrogen-bond acceptors (Lipinski definition) is 3. The van der Waals surface area contributed by atoms with Crippen molar-refractivity contribution in [3.63, 3.8) is 0 Å². The molecule has 1 unspecified atom stereocenters. The van der Waals surface area contributed by atoms with Gasteiger partial charge >= 0.3 is 51.4 Å². The Morgan fingerprint density at radius 3 is 2.38 bits per heavy atom. The van der Waals surface area contributed by atoms with E-state index in [4.69, 9.17) is 0 Å². The van der Waals surface area contributed by atoms with Gasteiger partial charge in [-0.1, -0.05) is 12.5 Å². The second kappa shape index (κ2) is 6.86. The molecule has 0 aromatic rings. The minimum atomic E-state index is -0.288. The van der Waals surface area contributed by atoms with Crippen LogP contribution in [0.2, 0.25) is 0 Å². The van der Waals surface area contributed by atoms with Gasteiger partial charge in [0.25, 0.3) is 0 Å². The molecular formula is C8H11KNO3-. The monoisotopic (exact) mass is 208 g/mol. The molecule has 4 nitrogen and oxygen atoms in total. The molecule has 0 spiro atoms. The molecule has 0 fully saturated rings. The van der Waals surface area contributed by atoms with E-state index in [1.807, 2.05) is 6.92 Å². The molecule has 1 amide bonds. The van der Waals surface area contributed by atoms with E-state index in [-0.39, 0.29) is 80.2 Å². The van der Waals surface area contributed by atoms with Crippen LogP contribution in [0.4, 0.5) is 0 Å². The van der Waals surface area contributed by atoms with Crippen LogP contribution in [0.1, 0.15) is 20.3 Å². The van der Waals surface area contributed by atoms with Crippen LogP contribution in [0.15, 0.2) is 5.57 Å². The molecule has 0 aromatic heterocycles. The molecule has 13 heavy (non-hydrogen) atoms. The van der Waals surface area contributed by atoms with Crippen LogP contribution in [0.5, 0.6) is 0 Å². The number of nitrogens with one attached hydrogen (secondary N) is 1. The van der Waals surface area contributed by atoms with Crippen molar-refractivity contribution in [2.75, 3.05) is 0 Å². The average molecular weight is 208 g/mol. The molecule has 0 aromatic carbocycles. The van der Waals surface area contributed by atoms with Crippen LogP contribution < -0.4 is 56.7 Å². The summed E-state index contributed by atoms with van der Waals surface area (Å²) >= 11 is 0. The first-order chi connectivity index (χ1) is 5.15. The molecule has 1 aliphatic heterocycles. The standard InChI is InChI=1S/C8H10NO2.K.H2O/c1-3-6-4-7(5(2)10)8(11)9-6;;/h6H,3H2,1-2H3,(H,9,11);;1H2/q-1;+1;/p-1. The van der Waals surface area contributed by atoms with E-state index in [9.17, 15) is 9.59 Å². The van der Waals surface area contributed by atoms with E-state index in [0.717, 1.165) is 6.42 Å². The van der Waals surface area contributed by atoms with Crippen LogP contribution in [0, 0.1) is 6.08 Å². The first-order valence-corrected chi connectivity index (χ1v) is 3.60. The fourth-order valence-corrected chi connectivity index (χ4v) is 0.972. The van der Waals surface area contributed by atoms with Gasteiger partial charge in [-0.05, 0) is 19.4 Å². The van der Waals surface area contributed by atoms with Crippen molar-refractivity contribution in [3.8, 4) is 0 Å². The number of hydrogen-bond donors (Lipinski definition) is 1. The predicted molar refractivity (Wildman–Crippen MR) is 41.6 cm³/mol. The maximum atomic E-state index is 11.0. The summed E-state index contributed by atoms with van der Waals surface area (Å²) < 4.78 is 0. The summed E-state index contributed by atoms with van der Waals surface area (Å²) in [7, 11) is 0. The Morgan fingerprint density at radius 2 is 2.15 bits per heavy atom. The summed E-state index contributed by atoms with van der Waals surface area (Å²) in [6.07, 6.45) is 3.58. The average Bonchev–Trinajstić information content (AvgIpc) is 2.30. The molecule has 5 heteroatoms. The van der Waals surface area contributed by atoms with Crippen molar-refractivity contribution < 1.29 is 66.4 Å². The fourth-order valence-electron chi connectivity index (χ4n) is 0.972. The van der Waals surface area contributed by atoms with Gasteiger partial charge < -0.3 is 20.4 Å². The molecule has 68 valence electrons. The molecule has 1 rings (SSSR count). The topological polar surface area (TPSA) is 76.2 Å². The van der Waals surface area contributed by atoms with E-state index in [1.54, 1.807) is 0 Å². The van der Waals surface area contributed by atoms with E-state index in [1.165, 1.54) is 6.92 Å². The Kier molecular flexibility index (Phi) is 8.41. The second-order valence-corrected chi connectivity index (χ2v) is 2.51. The normalized spacial score (nSPS) is 19.4. The van der Waals surface area contributed by atoms with Crippen LogP contribution >= 0.6 is 0 Å². The molecule has 0 saturated carbocycles. The molecule has 1 atom stereocenters. The van der Waals surface area contributed by atoms with Crippen molar-refractivity contribution in [3.05, 3.63) is 11.6 Å². The molecule has 1 heterocycles. The Labute approximate surface area is 120 Å². The van der Waals surface area contributed by atoms with Crippen molar-refractivity contribution in [2.45, 2.75) is 26.3 Å². The van der Waals surface area contributed by atoms with Gasteiger partial charge in [-0.25, -0.2) is 0 Å². The third-order valence-electron chi connectivity index (χ3n) is 1.61. The minimum Gasteiger partial charge on any atom is -0.870 e. The van der Waals surface area contributed by atoms with Gasteiger partial charge in [0, 0.05) is 0 Å². The SMILES string of the molecule is CCC1[C-]=C(C(C)=O)C(=O)N1.[K+].[OH-]. The number of carbonyl (C=O) groups is 2. The maximum Gasteiger partial charge on any atom is 1.00 e. The Hall–Kier alpha value is 0.476. The molecule has 0 radical (unpaired) electrons. The summed E-state index contributed by atoms with van der Waals surface area (Å²) in [6, 6.07) is -0.0681. The minimum absolute atomic E-state index is 0. The summed E-state index contributed by atoms with van der Waals surface area (Å²) in [6.45, 7) is 3.31. The van der Waals surface area contributed by atoms with Crippen LogP contribution in [-0.2, 0) is 9.59 Å². The zero-order chi connectivity index (χ0) is 8.43. The molecule has 0 aliphatic carbocycles. The van der Waals surface area contributed by atoms with Gasteiger partial charge in [0.2, 0.25) is 0 Å². The van der Waals surface area contributed by atoms with Gasteiger partial charge in [0.05, 0.1) is 5.78 Å². The third-order valence-corrected chi connectivity index (χ3v) is 1.61. The van der Waals surface area contributed by atoms with E-state index >= 15 is 0 Å². The second-order valence-electron chi connectivity index (χ2n) is 2.51. The largest absolute Gasteiger partial charge is 1.00 e. The van der Waals surface area contributed by atoms with Crippen LogP contribution in [0.25, 0.3) is 0 Å². The Bertz CT molecular complexity index is 238. The number of rotatable bonds is 2. The fraction of sp³-hybridized carbons (Fsp3) is 0.500. The summed E-state index contributed by atoms with van der Waals surface area (Å²) in [5.74, 6) is -0.497. The van der Waals surface area contributed by atoms with Crippen molar-refractivity contribution in [2.24, 2.45) is 0 Å². The molecule has 1 aliphatic rings. The molecule has 2 N–H and O–H groups in total. The Morgan fingerprint density at radius 1 is 1.62 bits per heavy atom. The van der Waals surface area contributed by atoms with Gasteiger partial charge in [-0.3, -0.25) is 0 Å². The summed E-state index contributed by atoms with van der Waals surface area (Å²) in [5, 5.41) is 2.63. The number of Topliss-reactive ketones (excluding diaryl/α,β-unsaturated/α-hetero) is 1. The number of carbonyl (C=O) groups excluding carboxylic acids is 2. The Balaban J connectivity index is 0. The van der Waals surface area contributed by atoms with E-state index in [0.29, 0.717) is 0 Å². The maximum absolute atomic E-state index is 11.0. The predicted octanol–water partition coefficient (Wildman–Crippen LogP) is -2.96. The van der Waals surface area contributed by atoms with Gasteiger partial charge in [-0.15, -0.1) is 0 Å². The zero-order valence-corrected chi connectivity index (χ0v) is 11.2. The first kappa shape index (κ1) is 15.9.